The largest absolute Gasteiger partial charge is 0.331 e. The molecule has 3 rings (SSSR count). The van der Waals surface area contributed by atoms with Crippen LogP contribution in [0.4, 0.5) is 14.9 Å². The van der Waals surface area contributed by atoms with Crippen LogP contribution < -0.4 is 10.6 Å². The van der Waals surface area contributed by atoms with Crippen molar-refractivity contribution in [1.29, 1.82) is 0 Å². The number of carbonyl (C=O) groups excluding carboxylic acids is 1. The molecule has 0 unspecified atom stereocenters. The first-order valence-corrected chi connectivity index (χ1v) is 9.38. The first-order valence-electron chi connectivity index (χ1n) is 7.49. The Labute approximate surface area is 139 Å². The van der Waals surface area contributed by atoms with Crippen molar-refractivity contribution in [2.24, 2.45) is 0 Å². The van der Waals surface area contributed by atoms with E-state index in [1.165, 1.54) is 11.6 Å². The summed E-state index contributed by atoms with van der Waals surface area (Å²) >= 11 is 0. The molecular formula is C17H17FN2O3S. The number of hydrogen-bond acceptors (Lipinski definition) is 3. The third kappa shape index (κ3) is 3.41. The first kappa shape index (κ1) is 16.4. The molecule has 2 aromatic carbocycles. The fourth-order valence-electron chi connectivity index (χ4n) is 2.91. The molecule has 2 N–H and O–H groups in total. The minimum Gasteiger partial charge on any atom is -0.331 e. The summed E-state index contributed by atoms with van der Waals surface area (Å²) in [6.07, 6.45) is 2.65. The van der Waals surface area contributed by atoms with Crippen LogP contribution in [0.5, 0.6) is 0 Å². The quantitative estimate of drug-likeness (QED) is 0.895. The third-order valence-corrected chi connectivity index (χ3v) is 5.16. The van der Waals surface area contributed by atoms with Crippen LogP contribution in [0, 0.1) is 5.82 Å². The molecule has 0 saturated carbocycles. The highest BCUT2D eigenvalue weighted by Gasteiger charge is 2.23. The summed E-state index contributed by atoms with van der Waals surface area (Å²) in [5.41, 5.74) is 2.50. The van der Waals surface area contributed by atoms with Crippen LogP contribution in [-0.4, -0.2) is 20.7 Å². The molecule has 0 saturated heterocycles. The highest BCUT2D eigenvalue weighted by atomic mass is 32.2. The van der Waals surface area contributed by atoms with Gasteiger partial charge in [0.05, 0.1) is 6.04 Å². The second kappa shape index (κ2) is 6.24. The van der Waals surface area contributed by atoms with Gasteiger partial charge < -0.3 is 10.6 Å². The number of hydrogen-bond donors (Lipinski definition) is 2. The van der Waals surface area contributed by atoms with Crippen LogP contribution in [0.25, 0.3) is 0 Å². The van der Waals surface area contributed by atoms with E-state index in [0.717, 1.165) is 36.8 Å². The fraction of sp³-hybridized carbons (Fsp3) is 0.235. The molecule has 1 aliphatic carbocycles. The zero-order valence-electron chi connectivity index (χ0n) is 13.0. The molecule has 1 atom stereocenters. The zero-order valence-corrected chi connectivity index (χ0v) is 13.9. The monoisotopic (exact) mass is 348 g/mol. The Morgan fingerprint density at radius 3 is 2.67 bits per heavy atom. The molecule has 1 aliphatic rings. The van der Waals surface area contributed by atoms with E-state index in [2.05, 4.69) is 10.6 Å². The van der Waals surface area contributed by atoms with Gasteiger partial charge in [-0.15, -0.1) is 0 Å². The van der Waals surface area contributed by atoms with Gasteiger partial charge in [-0.1, -0.05) is 24.3 Å². The van der Waals surface area contributed by atoms with Gasteiger partial charge in [0.2, 0.25) is 0 Å². The topological polar surface area (TPSA) is 75.3 Å². The Kier molecular flexibility index (Phi) is 4.28. The highest BCUT2D eigenvalue weighted by Crippen LogP contribution is 2.30. The van der Waals surface area contributed by atoms with Gasteiger partial charge in [0, 0.05) is 11.9 Å². The lowest BCUT2D eigenvalue weighted by molar-refractivity contribution is 0.248. The van der Waals surface area contributed by atoms with Gasteiger partial charge in [-0.3, -0.25) is 0 Å². The smallest absolute Gasteiger partial charge is 0.319 e. The number of carbonyl (C=O) groups is 1. The van der Waals surface area contributed by atoms with Crippen LogP contribution in [-0.2, 0) is 16.3 Å². The Morgan fingerprint density at radius 2 is 1.96 bits per heavy atom. The van der Waals surface area contributed by atoms with Crippen LogP contribution in [0.3, 0.4) is 0 Å². The summed E-state index contributed by atoms with van der Waals surface area (Å²) in [6, 6.07) is 10.9. The van der Waals surface area contributed by atoms with E-state index in [0.29, 0.717) is 0 Å². The van der Waals surface area contributed by atoms with Crippen LogP contribution in [0.15, 0.2) is 47.4 Å². The number of amides is 2. The van der Waals surface area contributed by atoms with Crippen LogP contribution in [0.1, 0.15) is 23.6 Å². The molecular weight excluding hydrogens is 331 g/mol. The van der Waals surface area contributed by atoms with Gasteiger partial charge in [-0.2, -0.15) is 0 Å². The average molecular weight is 348 g/mol. The van der Waals surface area contributed by atoms with Crippen molar-refractivity contribution in [3.8, 4) is 0 Å². The summed E-state index contributed by atoms with van der Waals surface area (Å²) in [7, 11) is -3.63. The third-order valence-electron chi connectivity index (χ3n) is 4.03. The molecule has 0 bridgehead atoms. The van der Waals surface area contributed by atoms with Gasteiger partial charge in [0.15, 0.2) is 9.84 Å². The maximum atomic E-state index is 13.8. The summed E-state index contributed by atoms with van der Waals surface area (Å²) < 4.78 is 36.6. The number of anilines is 1. The molecule has 2 amide bonds. The van der Waals surface area contributed by atoms with Crippen LogP contribution >= 0.6 is 0 Å². The Hall–Kier alpha value is -2.41. The van der Waals surface area contributed by atoms with E-state index in [-0.39, 0.29) is 11.7 Å². The van der Waals surface area contributed by atoms with E-state index in [1.807, 2.05) is 24.3 Å². The van der Waals surface area contributed by atoms with Crippen molar-refractivity contribution in [2.45, 2.75) is 23.8 Å². The molecule has 0 heterocycles. The Balaban J connectivity index is 1.69. The summed E-state index contributed by atoms with van der Waals surface area (Å²) in [5.74, 6) is -0.887. The van der Waals surface area contributed by atoms with Crippen LogP contribution in [0.2, 0.25) is 0 Å². The maximum Gasteiger partial charge on any atom is 0.319 e. The molecule has 2 aromatic rings. The van der Waals surface area contributed by atoms with Gasteiger partial charge in [0.25, 0.3) is 0 Å². The molecule has 0 spiro atoms. The minimum absolute atomic E-state index is 0.0821. The summed E-state index contributed by atoms with van der Waals surface area (Å²) in [4.78, 5) is 11.7. The standard InChI is InChI=1S/C17H17FN2O3S/c1-24(22,23)16-9-7-12(10-14(16)18)19-17(21)20-15-8-6-11-4-2-3-5-13(11)15/h2-5,7,9-10,15H,6,8H2,1H3,(H2,19,20,21)/t15-/m0/s1. The van der Waals surface area contributed by atoms with Crippen molar-refractivity contribution in [3.05, 3.63) is 59.4 Å². The van der Waals surface area contributed by atoms with Crippen molar-refractivity contribution < 1.29 is 17.6 Å². The van der Waals surface area contributed by atoms with Crippen molar-refractivity contribution >= 4 is 21.6 Å². The maximum absolute atomic E-state index is 13.8. The average Bonchev–Trinajstić information content (AvgIpc) is 2.89. The molecule has 0 aromatic heterocycles. The van der Waals surface area contributed by atoms with E-state index in [4.69, 9.17) is 0 Å². The predicted molar refractivity (Wildman–Crippen MR) is 89.2 cm³/mol. The normalized spacial score (nSPS) is 16.5. The number of nitrogens with one attached hydrogen (secondary N) is 2. The molecule has 24 heavy (non-hydrogen) atoms. The SMILES string of the molecule is CS(=O)(=O)c1ccc(NC(=O)N[C@H]2CCc3ccccc32)cc1F. The van der Waals surface area contributed by atoms with Gasteiger partial charge in [-0.05, 0) is 42.2 Å². The lowest BCUT2D eigenvalue weighted by atomic mass is 10.1. The molecule has 0 radical (unpaired) electrons. The number of halogens is 1. The lowest BCUT2D eigenvalue weighted by Crippen LogP contribution is -2.31. The summed E-state index contributed by atoms with van der Waals surface area (Å²) in [6.45, 7) is 0. The predicted octanol–water partition coefficient (Wildman–Crippen LogP) is 3.04. The Bertz CT molecular complexity index is 896. The minimum atomic E-state index is -3.63. The molecule has 126 valence electrons. The fourth-order valence-corrected chi connectivity index (χ4v) is 3.64. The van der Waals surface area contributed by atoms with Crippen molar-refractivity contribution in [2.75, 3.05) is 11.6 Å². The molecule has 0 fully saturated rings. The van der Waals surface area contributed by atoms with E-state index in [1.54, 1.807) is 0 Å². The van der Waals surface area contributed by atoms with Crippen molar-refractivity contribution in [3.63, 3.8) is 0 Å². The lowest BCUT2D eigenvalue weighted by Gasteiger charge is -2.15. The highest BCUT2D eigenvalue weighted by molar-refractivity contribution is 7.90. The number of rotatable bonds is 3. The van der Waals surface area contributed by atoms with E-state index >= 15 is 0 Å². The number of sulfone groups is 1. The van der Waals surface area contributed by atoms with Gasteiger partial charge in [0.1, 0.15) is 10.7 Å². The first-order chi connectivity index (χ1) is 11.3. The molecule has 5 nitrogen and oxygen atoms in total. The molecule has 0 aliphatic heterocycles. The zero-order chi connectivity index (χ0) is 17.3. The number of benzene rings is 2. The number of fused-ring (bicyclic) bond motifs is 1. The van der Waals surface area contributed by atoms with E-state index < -0.39 is 26.6 Å². The second-order valence-electron chi connectivity index (χ2n) is 5.81. The number of urea groups is 1. The second-order valence-corrected chi connectivity index (χ2v) is 7.79. The molecule has 7 heteroatoms. The summed E-state index contributed by atoms with van der Waals surface area (Å²) in [5, 5.41) is 5.39. The Morgan fingerprint density at radius 1 is 1.21 bits per heavy atom. The van der Waals surface area contributed by atoms with Gasteiger partial charge >= 0.3 is 6.03 Å². The number of aryl methyl sites for hydroxylation is 1. The van der Waals surface area contributed by atoms with Crippen molar-refractivity contribution in [1.82, 2.24) is 5.32 Å². The van der Waals surface area contributed by atoms with Gasteiger partial charge in [-0.25, -0.2) is 17.6 Å². The van der Waals surface area contributed by atoms with E-state index in [9.17, 15) is 17.6 Å².